The molecule has 0 aromatic heterocycles. The summed E-state index contributed by atoms with van der Waals surface area (Å²) in [7, 11) is -3.00. The lowest BCUT2D eigenvalue weighted by atomic mass is 10.2. The first kappa shape index (κ1) is 17.3. The molecule has 132 valence electrons. The van der Waals surface area contributed by atoms with E-state index in [0.29, 0.717) is 12.2 Å². The van der Waals surface area contributed by atoms with Crippen molar-refractivity contribution in [3.05, 3.63) is 54.6 Å². The van der Waals surface area contributed by atoms with Crippen LogP contribution in [0.1, 0.15) is 6.42 Å². The number of rotatable bonds is 6. The van der Waals surface area contributed by atoms with Crippen LogP contribution in [0.5, 0.6) is 5.75 Å². The molecule has 0 unspecified atom stereocenters. The first-order valence-corrected chi connectivity index (χ1v) is 9.87. The summed E-state index contributed by atoms with van der Waals surface area (Å²) < 4.78 is 28.2. The number of sulfone groups is 1. The van der Waals surface area contributed by atoms with Crippen LogP contribution >= 0.6 is 0 Å². The van der Waals surface area contributed by atoms with Crippen molar-refractivity contribution in [3.8, 4) is 5.75 Å². The maximum Gasteiger partial charge on any atom is 0.258 e. The van der Waals surface area contributed by atoms with Crippen LogP contribution in [0.2, 0.25) is 0 Å². The Hall–Kier alpha value is -2.54. The van der Waals surface area contributed by atoms with E-state index in [-0.39, 0.29) is 30.1 Å². The van der Waals surface area contributed by atoms with Gasteiger partial charge >= 0.3 is 0 Å². The van der Waals surface area contributed by atoms with Crippen LogP contribution in [-0.4, -0.2) is 38.5 Å². The van der Waals surface area contributed by atoms with Gasteiger partial charge in [-0.15, -0.1) is 0 Å². The number of hydrogen-bond donors (Lipinski definition) is 2. The molecule has 1 aliphatic rings. The first-order valence-electron chi connectivity index (χ1n) is 8.05. The minimum absolute atomic E-state index is 0.0125. The summed E-state index contributed by atoms with van der Waals surface area (Å²) in [6.07, 6.45) is 0.466. The van der Waals surface area contributed by atoms with Gasteiger partial charge in [-0.05, 0) is 42.8 Å². The molecule has 7 heteroatoms. The maximum atomic E-state index is 11.8. The standard InChI is InChI=1S/C18H20N2O4S/c21-18(20-16-10-11-25(22,23)13-16)12-24-17-8-6-15(7-9-17)19-14-4-2-1-3-5-14/h1-9,16,19H,10-13H2,(H,20,21)/t16-/m0/s1. The third kappa shape index (κ3) is 5.22. The van der Waals surface area contributed by atoms with E-state index in [1.807, 2.05) is 42.5 Å². The highest BCUT2D eigenvalue weighted by Gasteiger charge is 2.28. The number of benzene rings is 2. The van der Waals surface area contributed by atoms with Gasteiger partial charge < -0.3 is 15.4 Å². The highest BCUT2D eigenvalue weighted by molar-refractivity contribution is 7.91. The molecule has 1 aliphatic heterocycles. The molecular formula is C18H20N2O4S. The van der Waals surface area contributed by atoms with Crippen molar-refractivity contribution < 1.29 is 17.9 Å². The van der Waals surface area contributed by atoms with Crippen molar-refractivity contribution in [2.24, 2.45) is 0 Å². The minimum Gasteiger partial charge on any atom is -0.484 e. The summed E-state index contributed by atoms with van der Waals surface area (Å²) in [5.74, 6) is 0.411. The van der Waals surface area contributed by atoms with Crippen molar-refractivity contribution in [2.75, 3.05) is 23.4 Å². The fourth-order valence-electron chi connectivity index (χ4n) is 2.65. The molecule has 6 nitrogen and oxygen atoms in total. The van der Waals surface area contributed by atoms with Crippen molar-refractivity contribution in [2.45, 2.75) is 12.5 Å². The van der Waals surface area contributed by atoms with Crippen molar-refractivity contribution in [1.82, 2.24) is 5.32 Å². The zero-order valence-corrected chi connectivity index (χ0v) is 14.5. The smallest absolute Gasteiger partial charge is 0.258 e. The van der Waals surface area contributed by atoms with Crippen LogP contribution < -0.4 is 15.4 Å². The number of amides is 1. The summed E-state index contributed by atoms with van der Waals surface area (Å²) in [6, 6.07) is 16.8. The van der Waals surface area contributed by atoms with Gasteiger partial charge in [-0.3, -0.25) is 4.79 Å². The van der Waals surface area contributed by atoms with Crippen molar-refractivity contribution in [3.63, 3.8) is 0 Å². The van der Waals surface area contributed by atoms with Gasteiger partial charge in [0.05, 0.1) is 11.5 Å². The third-order valence-corrected chi connectivity index (χ3v) is 5.65. The molecule has 0 aliphatic carbocycles. The lowest BCUT2D eigenvalue weighted by molar-refractivity contribution is -0.123. The van der Waals surface area contributed by atoms with E-state index in [9.17, 15) is 13.2 Å². The van der Waals surface area contributed by atoms with E-state index in [2.05, 4.69) is 10.6 Å². The predicted molar refractivity (Wildman–Crippen MR) is 96.9 cm³/mol. The molecule has 1 saturated heterocycles. The lowest BCUT2D eigenvalue weighted by Crippen LogP contribution is -2.38. The summed E-state index contributed by atoms with van der Waals surface area (Å²) in [5.41, 5.74) is 1.90. The van der Waals surface area contributed by atoms with Crippen molar-refractivity contribution in [1.29, 1.82) is 0 Å². The number of carbonyl (C=O) groups excluding carboxylic acids is 1. The van der Waals surface area contributed by atoms with Gasteiger partial charge in [-0.2, -0.15) is 0 Å². The Kier molecular flexibility index (Phi) is 5.23. The molecule has 2 aromatic rings. The number of para-hydroxylation sites is 1. The van der Waals surface area contributed by atoms with Crippen LogP contribution in [0, 0.1) is 0 Å². The van der Waals surface area contributed by atoms with Gasteiger partial charge in [-0.25, -0.2) is 8.42 Å². The SMILES string of the molecule is O=C(COc1ccc(Nc2ccccc2)cc1)N[C@H]1CCS(=O)(=O)C1. The Morgan fingerprint density at radius 3 is 2.36 bits per heavy atom. The van der Waals surface area contributed by atoms with Gasteiger partial charge in [0.1, 0.15) is 5.75 Å². The van der Waals surface area contributed by atoms with E-state index in [1.54, 1.807) is 12.1 Å². The van der Waals surface area contributed by atoms with E-state index in [1.165, 1.54) is 0 Å². The Morgan fingerprint density at radius 2 is 1.72 bits per heavy atom. The molecule has 0 radical (unpaired) electrons. The van der Waals surface area contributed by atoms with Crippen LogP contribution in [0.3, 0.4) is 0 Å². The van der Waals surface area contributed by atoms with Crippen LogP contribution in [0.15, 0.2) is 54.6 Å². The normalized spacial score (nSPS) is 18.5. The Labute approximate surface area is 147 Å². The number of hydrogen-bond acceptors (Lipinski definition) is 5. The Balaban J connectivity index is 1.46. The molecule has 1 heterocycles. The van der Waals surface area contributed by atoms with E-state index in [0.717, 1.165) is 11.4 Å². The highest BCUT2D eigenvalue weighted by atomic mass is 32.2. The second kappa shape index (κ2) is 7.57. The van der Waals surface area contributed by atoms with Gasteiger partial charge in [0, 0.05) is 17.4 Å². The van der Waals surface area contributed by atoms with E-state index in [4.69, 9.17) is 4.74 Å². The molecule has 1 fully saturated rings. The second-order valence-corrected chi connectivity index (χ2v) is 8.20. The minimum atomic E-state index is -3.00. The molecule has 2 aromatic carbocycles. The van der Waals surface area contributed by atoms with Crippen molar-refractivity contribution >= 4 is 27.1 Å². The molecule has 25 heavy (non-hydrogen) atoms. The highest BCUT2D eigenvalue weighted by Crippen LogP contribution is 2.19. The summed E-state index contributed by atoms with van der Waals surface area (Å²) >= 11 is 0. The quantitative estimate of drug-likeness (QED) is 0.824. The molecule has 0 spiro atoms. The van der Waals surface area contributed by atoms with Gasteiger partial charge in [0.25, 0.3) is 5.91 Å². The third-order valence-electron chi connectivity index (χ3n) is 3.88. The summed E-state index contributed by atoms with van der Waals surface area (Å²) in [4.78, 5) is 11.8. The van der Waals surface area contributed by atoms with Crippen LogP contribution in [0.4, 0.5) is 11.4 Å². The molecule has 1 atom stereocenters. The Bertz CT molecular complexity index is 820. The average molecular weight is 360 g/mol. The fourth-order valence-corrected chi connectivity index (χ4v) is 4.32. The van der Waals surface area contributed by atoms with E-state index >= 15 is 0 Å². The number of nitrogens with one attached hydrogen (secondary N) is 2. The van der Waals surface area contributed by atoms with Gasteiger partial charge in [0.2, 0.25) is 0 Å². The van der Waals surface area contributed by atoms with Gasteiger partial charge in [-0.1, -0.05) is 18.2 Å². The van der Waals surface area contributed by atoms with Crippen LogP contribution in [0.25, 0.3) is 0 Å². The second-order valence-electron chi connectivity index (χ2n) is 5.97. The summed E-state index contributed by atoms with van der Waals surface area (Å²) in [6.45, 7) is -0.137. The van der Waals surface area contributed by atoms with Gasteiger partial charge in [0.15, 0.2) is 16.4 Å². The summed E-state index contributed by atoms with van der Waals surface area (Å²) in [5, 5.41) is 5.95. The zero-order chi connectivity index (χ0) is 17.7. The Morgan fingerprint density at radius 1 is 1.04 bits per heavy atom. The number of anilines is 2. The molecule has 1 amide bonds. The lowest BCUT2D eigenvalue weighted by Gasteiger charge is -2.12. The monoisotopic (exact) mass is 360 g/mol. The van der Waals surface area contributed by atoms with Crippen LogP contribution in [-0.2, 0) is 14.6 Å². The molecule has 0 saturated carbocycles. The maximum absolute atomic E-state index is 11.8. The topological polar surface area (TPSA) is 84.5 Å². The predicted octanol–water partition coefficient (Wildman–Crippen LogP) is 2.11. The molecule has 2 N–H and O–H groups in total. The molecule has 3 rings (SSSR count). The molecule has 0 bridgehead atoms. The first-order chi connectivity index (χ1) is 12.0. The number of carbonyl (C=O) groups is 1. The zero-order valence-electron chi connectivity index (χ0n) is 13.6. The number of ether oxygens (including phenoxy) is 1. The molecular weight excluding hydrogens is 340 g/mol. The largest absolute Gasteiger partial charge is 0.484 e. The fraction of sp³-hybridized carbons (Fsp3) is 0.278. The van der Waals surface area contributed by atoms with E-state index < -0.39 is 9.84 Å². The average Bonchev–Trinajstić information content (AvgIpc) is 2.94.